The molecular formula is C6H9N3. The van der Waals surface area contributed by atoms with Gasteiger partial charge < -0.3 is 0 Å². The van der Waals surface area contributed by atoms with Crippen molar-refractivity contribution in [2.75, 3.05) is 0 Å². The summed E-state index contributed by atoms with van der Waals surface area (Å²) in [6.45, 7) is 5.59. The van der Waals surface area contributed by atoms with Gasteiger partial charge in [-0.15, -0.1) is 6.58 Å². The Hall–Kier alpha value is -1.12. The van der Waals surface area contributed by atoms with E-state index in [9.17, 15) is 0 Å². The van der Waals surface area contributed by atoms with Crippen molar-refractivity contribution in [2.45, 2.75) is 13.0 Å². The van der Waals surface area contributed by atoms with E-state index >= 15 is 0 Å². The molecule has 48 valence electrons. The van der Waals surface area contributed by atoms with Crippen LogP contribution in [0.2, 0.25) is 0 Å². The van der Waals surface area contributed by atoms with E-state index < -0.39 is 0 Å². The third kappa shape index (κ3) is 1.16. The number of hydrogen-bond donors (Lipinski definition) is 0. The highest BCUT2D eigenvalue weighted by Gasteiger charge is 1.96. The first-order valence-electron chi connectivity index (χ1n) is 2.83. The van der Waals surface area contributed by atoms with Crippen molar-refractivity contribution < 1.29 is 0 Å². The molecule has 1 heterocycles. The normalized spacial score (nSPS) is 13.0. The Morgan fingerprint density at radius 1 is 1.56 bits per heavy atom. The Labute approximate surface area is 54.0 Å². The van der Waals surface area contributed by atoms with Crippen LogP contribution in [0.25, 0.3) is 0 Å². The van der Waals surface area contributed by atoms with Crippen LogP contribution in [0.3, 0.4) is 0 Å². The Balaban J connectivity index is 2.76. The molecule has 0 aromatic carbocycles. The van der Waals surface area contributed by atoms with Gasteiger partial charge in [0.15, 0.2) is 0 Å². The molecule has 0 saturated heterocycles. The van der Waals surface area contributed by atoms with Gasteiger partial charge in [0.05, 0.1) is 18.4 Å². The van der Waals surface area contributed by atoms with Crippen molar-refractivity contribution in [3.63, 3.8) is 0 Å². The molecule has 0 aliphatic rings. The van der Waals surface area contributed by atoms with Crippen LogP contribution in [0.5, 0.6) is 0 Å². The quantitative estimate of drug-likeness (QED) is 0.550. The van der Waals surface area contributed by atoms with Crippen LogP contribution >= 0.6 is 0 Å². The summed E-state index contributed by atoms with van der Waals surface area (Å²) < 4.78 is 0. The smallest absolute Gasteiger partial charge is 0.0865 e. The van der Waals surface area contributed by atoms with Crippen molar-refractivity contribution in [3.8, 4) is 0 Å². The summed E-state index contributed by atoms with van der Waals surface area (Å²) in [6.07, 6.45) is 5.10. The number of nitrogens with zero attached hydrogens (tertiary/aromatic N) is 3. The summed E-state index contributed by atoms with van der Waals surface area (Å²) in [7, 11) is 0. The average molecular weight is 123 g/mol. The molecule has 1 aromatic rings. The maximum absolute atomic E-state index is 3.92. The summed E-state index contributed by atoms with van der Waals surface area (Å²) >= 11 is 0. The molecule has 0 aliphatic heterocycles. The molecule has 0 saturated carbocycles. The zero-order valence-corrected chi connectivity index (χ0v) is 5.36. The standard InChI is InChI=1S/C6H9N3/c1-3-6(2)9-7-4-5-8-9/h3-6H,1H2,2H3. The van der Waals surface area contributed by atoms with Crippen molar-refractivity contribution >= 4 is 0 Å². The minimum atomic E-state index is 0.194. The van der Waals surface area contributed by atoms with Gasteiger partial charge in [-0.3, -0.25) is 0 Å². The van der Waals surface area contributed by atoms with E-state index in [2.05, 4.69) is 16.8 Å². The van der Waals surface area contributed by atoms with E-state index in [0.717, 1.165) is 0 Å². The van der Waals surface area contributed by atoms with Crippen LogP contribution in [0, 0.1) is 0 Å². The van der Waals surface area contributed by atoms with Gasteiger partial charge in [-0.05, 0) is 6.92 Å². The molecule has 1 rings (SSSR count). The summed E-state index contributed by atoms with van der Waals surface area (Å²) in [5.74, 6) is 0. The molecule has 0 radical (unpaired) electrons. The van der Waals surface area contributed by atoms with E-state index in [1.807, 2.05) is 6.92 Å². The Morgan fingerprint density at radius 3 is 2.56 bits per heavy atom. The van der Waals surface area contributed by atoms with Crippen LogP contribution in [0.1, 0.15) is 13.0 Å². The largest absolute Gasteiger partial charge is 0.178 e. The molecule has 0 N–H and O–H groups in total. The lowest BCUT2D eigenvalue weighted by atomic mass is 10.4. The molecule has 0 bridgehead atoms. The molecule has 1 aromatic heterocycles. The lowest BCUT2D eigenvalue weighted by Crippen LogP contribution is -2.04. The first kappa shape index (κ1) is 6.01. The SMILES string of the molecule is C=CC(C)n1nccn1. The molecule has 0 amide bonds. The molecule has 0 spiro atoms. The summed E-state index contributed by atoms with van der Waals surface area (Å²) in [4.78, 5) is 1.60. The molecule has 1 unspecified atom stereocenters. The van der Waals surface area contributed by atoms with Gasteiger partial charge in [-0.25, -0.2) is 0 Å². The molecule has 1 atom stereocenters. The maximum atomic E-state index is 3.92. The predicted molar refractivity (Wildman–Crippen MR) is 34.9 cm³/mol. The molecule has 3 heteroatoms. The van der Waals surface area contributed by atoms with Crippen LogP contribution in [-0.4, -0.2) is 15.0 Å². The van der Waals surface area contributed by atoms with Crippen molar-refractivity contribution in [2.24, 2.45) is 0 Å². The number of rotatable bonds is 2. The lowest BCUT2D eigenvalue weighted by Gasteiger charge is -2.01. The van der Waals surface area contributed by atoms with Gasteiger partial charge in [0.25, 0.3) is 0 Å². The third-order valence-corrected chi connectivity index (χ3v) is 1.14. The number of hydrogen-bond acceptors (Lipinski definition) is 2. The average Bonchev–Trinajstić information content (AvgIpc) is 2.37. The number of aromatic nitrogens is 3. The molecule has 0 fully saturated rings. The van der Waals surface area contributed by atoms with Gasteiger partial charge >= 0.3 is 0 Å². The van der Waals surface area contributed by atoms with E-state index in [4.69, 9.17) is 0 Å². The fourth-order valence-corrected chi connectivity index (χ4v) is 0.531. The minimum absolute atomic E-state index is 0.194. The zero-order valence-electron chi connectivity index (χ0n) is 5.36. The van der Waals surface area contributed by atoms with Crippen LogP contribution < -0.4 is 0 Å². The van der Waals surface area contributed by atoms with Gasteiger partial charge in [0.2, 0.25) is 0 Å². The number of allylic oxidation sites excluding steroid dienone is 1. The first-order valence-corrected chi connectivity index (χ1v) is 2.83. The topological polar surface area (TPSA) is 30.7 Å². The van der Waals surface area contributed by atoms with E-state index in [1.54, 1.807) is 23.3 Å². The zero-order chi connectivity index (χ0) is 6.69. The van der Waals surface area contributed by atoms with E-state index in [0.29, 0.717) is 0 Å². The van der Waals surface area contributed by atoms with Crippen molar-refractivity contribution in [1.82, 2.24) is 15.0 Å². The molecule has 9 heavy (non-hydrogen) atoms. The van der Waals surface area contributed by atoms with Crippen molar-refractivity contribution in [3.05, 3.63) is 25.0 Å². The second-order valence-electron chi connectivity index (χ2n) is 1.83. The molecule has 0 aliphatic carbocycles. The summed E-state index contributed by atoms with van der Waals surface area (Å²) in [5, 5.41) is 7.84. The Morgan fingerprint density at radius 2 is 2.11 bits per heavy atom. The van der Waals surface area contributed by atoms with Crippen LogP contribution in [-0.2, 0) is 0 Å². The predicted octanol–water partition coefficient (Wildman–Crippen LogP) is 1.03. The Kier molecular flexibility index (Phi) is 1.63. The van der Waals surface area contributed by atoms with E-state index in [1.165, 1.54) is 0 Å². The fraction of sp³-hybridized carbons (Fsp3) is 0.333. The van der Waals surface area contributed by atoms with Crippen LogP contribution in [0.4, 0.5) is 0 Å². The minimum Gasteiger partial charge on any atom is -0.178 e. The van der Waals surface area contributed by atoms with Crippen LogP contribution in [0.15, 0.2) is 25.0 Å². The van der Waals surface area contributed by atoms with Gasteiger partial charge in [-0.1, -0.05) is 6.08 Å². The van der Waals surface area contributed by atoms with E-state index in [-0.39, 0.29) is 6.04 Å². The first-order chi connectivity index (χ1) is 4.34. The Bertz CT molecular complexity index is 178. The maximum Gasteiger partial charge on any atom is 0.0865 e. The second kappa shape index (κ2) is 2.44. The second-order valence-corrected chi connectivity index (χ2v) is 1.83. The summed E-state index contributed by atoms with van der Waals surface area (Å²) in [5.41, 5.74) is 0. The fourth-order valence-electron chi connectivity index (χ4n) is 0.531. The van der Waals surface area contributed by atoms with Gasteiger partial charge in [-0.2, -0.15) is 15.0 Å². The highest BCUT2D eigenvalue weighted by atomic mass is 15.5. The third-order valence-electron chi connectivity index (χ3n) is 1.14. The lowest BCUT2D eigenvalue weighted by molar-refractivity contribution is 0.506. The highest BCUT2D eigenvalue weighted by Crippen LogP contribution is 1.98. The van der Waals surface area contributed by atoms with Gasteiger partial charge in [0, 0.05) is 0 Å². The highest BCUT2D eigenvalue weighted by molar-refractivity contribution is 4.78. The molecule has 3 nitrogen and oxygen atoms in total. The summed E-state index contributed by atoms with van der Waals surface area (Å²) in [6, 6.07) is 0.194. The molecular weight excluding hydrogens is 114 g/mol. The monoisotopic (exact) mass is 123 g/mol. The van der Waals surface area contributed by atoms with Gasteiger partial charge in [0.1, 0.15) is 0 Å². The van der Waals surface area contributed by atoms with Crippen molar-refractivity contribution in [1.29, 1.82) is 0 Å².